The van der Waals surface area contributed by atoms with Crippen molar-refractivity contribution in [3.05, 3.63) is 124 Å². The van der Waals surface area contributed by atoms with Gasteiger partial charge in [0.15, 0.2) is 22.3 Å². The van der Waals surface area contributed by atoms with Crippen molar-refractivity contribution in [2.45, 2.75) is 25.9 Å². The number of aryl methyl sites for hydroxylation is 2. The lowest BCUT2D eigenvalue weighted by Gasteiger charge is -2.08. The van der Waals surface area contributed by atoms with E-state index in [0.717, 1.165) is 31.7 Å². The molecule has 280 valence electrons. The second-order valence-corrected chi connectivity index (χ2v) is 12.5. The van der Waals surface area contributed by atoms with Crippen molar-refractivity contribution >= 4 is 57.4 Å². The Kier molecular flexibility index (Phi) is 13.3. The number of benzene rings is 2. The standard InChI is InChI=1S/C17H18ClN5O3.C9H10N4O4.C8H10ClN/c1-21-15-14(16(25)22(2)17(21)26)23(10-20-15)9-13(24)19-8-7-11-5-3-4-6-12(11)18;1-11-7-6(8(16)12(2)9(11)17)13(4-10-7)3-5(14)15;9-8-4-2-1-3-7(8)5-6-10/h3-6,10H,7-9H2,1-2H3,(H,19,24);4H,3H2,1-2H3,(H,14,15);1-4H,5-6,10H2. The quantitative estimate of drug-likeness (QED) is 0.188. The number of fused-ring (bicyclic) bond motifs is 2. The van der Waals surface area contributed by atoms with Gasteiger partial charge in [0, 0.05) is 44.8 Å². The van der Waals surface area contributed by atoms with Crippen LogP contribution in [0.4, 0.5) is 0 Å². The van der Waals surface area contributed by atoms with Crippen molar-refractivity contribution in [2.75, 3.05) is 13.1 Å². The van der Waals surface area contributed by atoms with E-state index in [-0.39, 0.29) is 41.3 Å². The summed E-state index contributed by atoms with van der Waals surface area (Å²) >= 11 is 11.9. The number of carbonyl (C=O) groups is 2. The highest BCUT2D eigenvalue weighted by Crippen LogP contribution is 2.15. The van der Waals surface area contributed by atoms with E-state index in [1.807, 2.05) is 42.5 Å². The molecule has 0 atom stereocenters. The summed E-state index contributed by atoms with van der Waals surface area (Å²) in [7, 11) is 5.74. The third-order valence-corrected chi connectivity index (χ3v) is 8.84. The van der Waals surface area contributed by atoms with E-state index < -0.39 is 28.5 Å². The number of imidazole rings is 2. The van der Waals surface area contributed by atoms with Gasteiger partial charge in [0.1, 0.15) is 13.1 Å². The SMILES string of the molecule is Cn1c(=O)c2c(ncn2CC(=O)NCCc2ccccc2Cl)n(C)c1=O.Cn1c(=O)c2c(ncn2CC(=O)O)n(C)c1=O.NCCc1ccccc1Cl. The van der Waals surface area contributed by atoms with Crippen molar-refractivity contribution < 1.29 is 14.7 Å². The minimum Gasteiger partial charge on any atom is -0.480 e. The van der Waals surface area contributed by atoms with E-state index in [4.69, 9.17) is 34.0 Å². The van der Waals surface area contributed by atoms with Crippen LogP contribution in [0.5, 0.6) is 0 Å². The van der Waals surface area contributed by atoms with E-state index >= 15 is 0 Å². The number of amides is 1. The molecule has 4 aromatic heterocycles. The normalized spacial score (nSPS) is 10.8. The van der Waals surface area contributed by atoms with Crippen molar-refractivity contribution in [1.29, 1.82) is 0 Å². The Morgan fingerprint density at radius 1 is 0.698 bits per heavy atom. The first-order chi connectivity index (χ1) is 25.2. The van der Waals surface area contributed by atoms with Crippen LogP contribution in [0.3, 0.4) is 0 Å². The van der Waals surface area contributed by atoms with Gasteiger partial charge in [0.05, 0.1) is 12.7 Å². The van der Waals surface area contributed by atoms with E-state index in [2.05, 4.69) is 15.3 Å². The summed E-state index contributed by atoms with van der Waals surface area (Å²) in [5, 5.41) is 13.0. The van der Waals surface area contributed by atoms with Gasteiger partial charge in [-0.25, -0.2) is 19.6 Å². The number of aromatic nitrogens is 8. The molecule has 19 heteroatoms. The summed E-state index contributed by atoms with van der Waals surface area (Å²) < 4.78 is 7.05. The summed E-state index contributed by atoms with van der Waals surface area (Å²) in [5.74, 6) is -1.34. The van der Waals surface area contributed by atoms with Crippen molar-refractivity contribution in [3.63, 3.8) is 0 Å². The lowest BCUT2D eigenvalue weighted by Crippen LogP contribution is -2.38. The van der Waals surface area contributed by atoms with Crippen LogP contribution in [0.2, 0.25) is 10.0 Å². The van der Waals surface area contributed by atoms with Gasteiger partial charge in [0.2, 0.25) is 5.91 Å². The molecule has 6 rings (SSSR count). The van der Waals surface area contributed by atoms with Crippen LogP contribution in [0.1, 0.15) is 11.1 Å². The number of rotatable bonds is 9. The maximum atomic E-state index is 12.3. The average molecular weight is 770 g/mol. The third-order valence-electron chi connectivity index (χ3n) is 8.10. The molecule has 0 fully saturated rings. The number of hydrogen-bond acceptors (Lipinski definition) is 9. The van der Waals surface area contributed by atoms with E-state index in [1.54, 1.807) is 6.07 Å². The van der Waals surface area contributed by atoms with Gasteiger partial charge >= 0.3 is 17.3 Å². The van der Waals surface area contributed by atoms with Gasteiger partial charge < -0.3 is 25.3 Å². The Morgan fingerprint density at radius 3 is 1.57 bits per heavy atom. The number of nitrogens with one attached hydrogen (secondary N) is 1. The molecule has 0 spiro atoms. The molecule has 17 nitrogen and oxygen atoms in total. The molecule has 6 aromatic rings. The zero-order valence-electron chi connectivity index (χ0n) is 29.3. The fourth-order valence-electron chi connectivity index (χ4n) is 5.28. The van der Waals surface area contributed by atoms with Gasteiger partial charge in [-0.2, -0.15) is 0 Å². The van der Waals surface area contributed by atoms with E-state index in [0.29, 0.717) is 24.5 Å². The third kappa shape index (κ3) is 9.18. The minimum atomic E-state index is -1.08. The predicted octanol–water partition coefficient (Wildman–Crippen LogP) is 0.806. The highest BCUT2D eigenvalue weighted by Gasteiger charge is 2.17. The van der Waals surface area contributed by atoms with Crippen LogP contribution in [0.15, 0.2) is 80.4 Å². The van der Waals surface area contributed by atoms with Crippen molar-refractivity contribution in [3.8, 4) is 0 Å². The van der Waals surface area contributed by atoms with E-state index in [9.17, 15) is 28.8 Å². The Labute approximate surface area is 311 Å². The smallest absolute Gasteiger partial charge is 0.332 e. The molecular weight excluding hydrogens is 731 g/mol. The number of nitrogens with zero attached hydrogens (tertiary/aromatic N) is 8. The van der Waals surface area contributed by atoms with E-state index in [1.165, 1.54) is 59.1 Å². The summed E-state index contributed by atoms with van der Waals surface area (Å²) in [6.45, 7) is 0.645. The lowest BCUT2D eigenvalue weighted by atomic mass is 10.1. The van der Waals surface area contributed by atoms with Crippen LogP contribution >= 0.6 is 23.2 Å². The van der Waals surface area contributed by atoms with Crippen LogP contribution in [0, 0.1) is 0 Å². The summed E-state index contributed by atoms with van der Waals surface area (Å²) in [6.07, 6.45) is 4.09. The molecule has 0 aliphatic carbocycles. The monoisotopic (exact) mass is 768 g/mol. The summed E-state index contributed by atoms with van der Waals surface area (Å²) in [4.78, 5) is 78.5. The van der Waals surface area contributed by atoms with Crippen molar-refractivity contribution in [2.24, 2.45) is 33.9 Å². The van der Waals surface area contributed by atoms with Crippen molar-refractivity contribution in [1.82, 2.24) is 42.7 Å². The Balaban J connectivity index is 0.000000198. The highest BCUT2D eigenvalue weighted by atomic mass is 35.5. The fraction of sp³-hybridized carbons (Fsp3) is 0.294. The minimum absolute atomic E-state index is 0.0630. The molecule has 0 saturated carbocycles. The molecule has 0 aliphatic rings. The number of carboxylic acid groups (broad SMARTS) is 1. The van der Waals surface area contributed by atoms with Gasteiger partial charge in [-0.3, -0.25) is 37.4 Å². The molecule has 2 aromatic carbocycles. The molecule has 0 bridgehead atoms. The Bertz CT molecular complexity index is 2530. The molecule has 1 amide bonds. The lowest BCUT2D eigenvalue weighted by molar-refractivity contribution is -0.137. The van der Waals surface area contributed by atoms with Crippen LogP contribution in [0.25, 0.3) is 22.3 Å². The molecule has 53 heavy (non-hydrogen) atoms. The molecule has 0 saturated heterocycles. The van der Waals surface area contributed by atoms with Gasteiger partial charge in [-0.15, -0.1) is 0 Å². The second-order valence-electron chi connectivity index (χ2n) is 11.7. The molecule has 0 unspecified atom stereocenters. The summed E-state index contributed by atoms with van der Waals surface area (Å²) in [5.41, 5.74) is 6.22. The van der Waals surface area contributed by atoms with Crippen LogP contribution in [-0.2, 0) is 63.7 Å². The number of hydrogen-bond donors (Lipinski definition) is 3. The average Bonchev–Trinajstić information content (AvgIpc) is 3.75. The number of aliphatic carboxylic acids is 1. The number of carboxylic acids is 1. The second kappa shape index (κ2) is 17.6. The zero-order valence-corrected chi connectivity index (χ0v) is 30.8. The highest BCUT2D eigenvalue weighted by molar-refractivity contribution is 6.31. The molecule has 4 N–H and O–H groups in total. The molecule has 0 radical (unpaired) electrons. The first-order valence-corrected chi connectivity index (χ1v) is 16.8. The Hall–Kier alpha value is -5.78. The molecule has 4 heterocycles. The predicted molar refractivity (Wildman–Crippen MR) is 200 cm³/mol. The topological polar surface area (TPSA) is 216 Å². The Morgan fingerprint density at radius 2 is 1.13 bits per heavy atom. The van der Waals surface area contributed by atoms with Crippen LogP contribution < -0.4 is 33.5 Å². The fourth-order valence-corrected chi connectivity index (χ4v) is 5.74. The number of halogens is 2. The van der Waals surface area contributed by atoms with Crippen LogP contribution in [-0.4, -0.2) is 67.4 Å². The maximum Gasteiger partial charge on any atom is 0.332 e. The first kappa shape index (κ1) is 40.0. The maximum absolute atomic E-state index is 12.3. The number of nitrogens with two attached hydrogens (primary N) is 1. The molecule has 0 aliphatic heterocycles. The summed E-state index contributed by atoms with van der Waals surface area (Å²) in [6, 6.07) is 15.2. The largest absolute Gasteiger partial charge is 0.480 e. The van der Waals surface area contributed by atoms with Gasteiger partial charge in [-0.05, 0) is 42.6 Å². The van der Waals surface area contributed by atoms with Gasteiger partial charge in [0.25, 0.3) is 11.1 Å². The van der Waals surface area contributed by atoms with Gasteiger partial charge in [-0.1, -0.05) is 59.6 Å². The zero-order chi connectivity index (χ0) is 39.0. The first-order valence-electron chi connectivity index (χ1n) is 16.0. The number of carbonyl (C=O) groups excluding carboxylic acids is 1. The molecular formula is C34H38Cl2N10O7.